The third kappa shape index (κ3) is 6.89. The Hall–Kier alpha value is -2.82. The zero-order valence-electron chi connectivity index (χ0n) is 21.7. The second kappa shape index (κ2) is 14.1. The fourth-order valence-electron chi connectivity index (χ4n) is 4.28. The maximum absolute atomic E-state index is 11.7. The first kappa shape index (κ1) is 29.4. The summed E-state index contributed by atoms with van der Waals surface area (Å²) < 4.78 is 5.87. The van der Waals surface area contributed by atoms with Gasteiger partial charge in [0.15, 0.2) is 5.78 Å². The number of hydrogen-bond donors (Lipinski definition) is 1. The van der Waals surface area contributed by atoms with Crippen LogP contribution in [0.25, 0.3) is 33.1 Å². The number of carbonyl (C=O) groups excluding carboxylic acids is 1. The van der Waals surface area contributed by atoms with Crippen LogP contribution in [-0.4, -0.2) is 20.9 Å². The van der Waals surface area contributed by atoms with Gasteiger partial charge in [-0.1, -0.05) is 39.8 Å². The van der Waals surface area contributed by atoms with Crippen molar-refractivity contribution >= 4 is 27.7 Å². The van der Waals surface area contributed by atoms with Gasteiger partial charge >= 0.3 is 0 Å². The second-order valence-corrected chi connectivity index (χ2v) is 8.73. The van der Waals surface area contributed by atoms with Gasteiger partial charge in [-0.2, -0.15) is 11.6 Å². The van der Waals surface area contributed by atoms with Crippen LogP contribution < -0.4 is 0 Å². The molecule has 1 aromatic carbocycles. The number of fused-ring (bicyclic) bond motifs is 3. The van der Waals surface area contributed by atoms with E-state index in [1.165, 1.54) is 6.08 Å². The normalized spacial score (nSPS) is 11.5. The zero-order chi connectivity index (χ0) is 25.4. The summed E-state index contributed by atoms with van der Waals surface area (Å²) in [5.74, 6) is 1.43. The number of hydrogen-bond acceptors (Lipinski definition) is 5. The molecule has 0 spiro atoms. The van der Waals surface area contributed by atoms with E-state index in [4.69, 9.17) is 9.40 Å². The van der Waals surface area contributed by atoms with E-state index in [1.807, 2.05) is 71.0 Å². The maximum atomic E-state index is 11.7. The number of carbonyl (C=O) groups is 1. The van der Waals surface area contributed by atoms with Crippen LogP contribution >= 0.6 is 0 Å². The Morgan fingerprint density at radius 2 is 1.69 bits per heavy atom. The minimum atomic E-state index is 0. The van der Waals surface area contributed by atoms with Gasteiger partial charge < -0.3 is 14.5 Å². The maximum Gasteiger partial charge on any atom is 0.162 e. The van der Waals surface area contributed by atoms with Crippen molar-refractivity contribution in [3.63, 3.8) is 0 Å². The Morgan fingerprint density at radius 3 is 2.31 bits per heavy atom. The molecule has 0 aliphatic rings. The predicted molar refractivity (Wildman–Crippen MR) is 142 cm³/mol. The Morgan fingerprint density at radius 1 is 1.03 bits per heavy atom. The van der Waals surface area contributed by atoms with Crippen LogP contribution in [0.1, 0.15) is 59.1 Å². The van der Waals surface area contributed by atoms with Gasteiger partial charge in [-0.3, -0.25) is 9.78 Å². The summed E-state index contributed by atoms with van der Waals surface area (Å²) in [6, 6.07) is 15.1. The topological polar surface area (TPSA) is 76.2 Å². The molecule has 193 valence electrons. The van der Waals surface area contributed by atoms with E-state index in [0.29, 0.717) is 0 Å². The Kier molecular flexibility index (Phi) is 11.5. The van der Waals surface area contributed by atoms with Gasteiger partial charge in [0.1, 0.15) is 11.3 Å². The molecular weight excluding hydrogens is 629 g/mol. The molecule has 36 heavy (non-hydrogen) atoms. The molecule has 1 N–H and O–H groups in total. The number of furan rings is 1. The van der Waals surface area contributed by atoms with Crippen molar-refractivity contribution in [3.05, 3.63) is 72.5 Å². The van der Waals surface area contributed by atoms with Crippen LogP contribution in [0.4, 0.5) is 0 Å². The molecule has 0 fully saturated rings. The Balaban J connectivity index is 0.000000260. The standard InChI is InChI=1S/C17H11N2O.C13H24O2.Ir/c1-11-10-14-16(12-6-8-18-9-7-12)19-15-5-3-2-4-13(15)17(14)20-11;1-5-10(6-2)12(14)9-13(15)11(7-3)8-4;/h2-6,8-10H,1H3;9-11,14H,5-8H2,1-4H3;/q-1;;/b;12-9-;. The number of benzene rings is 1. The first-order valence-corrected chi connectivity index (χ1v) is 12.5. The van der Waals surface area contributed by atoms with E-state index in [9.17, 15) is 9.90 Å². The average Bonchev–Trinajstić information content (AvgIpc) is 3.27. The summed E-state index contributed by atoms with van der Waals surface area (Å²) in [6.07, 6.45) is 8.32. The van der Waals surface area contributed by atoms with Gasteiger partial charge in [0.25, 0.3) is 0 Å². The predicted octanol–water partition coefficient (Wildman–Crippen LogP) is 8.02. The van der Waals surface area contributed by atoms with E-state index < -0.39 is 0 Å². The molecule has 0 amide bonds. The van der Waals surface area contributed by atoms with Crippen LogP contribution in [0, 0.1) is 24.8 Å². The summed E-state index contributed by atoms with van der Waals surface area (Å²) in [6.45, 7) is 10.0. The van der Waals surface area contributed by atoms with E-state index >= 15 is 0 Å². The molecule has 3 heterocycles. The molecule has 1 radical (unpaired) electrons. The van der Waals surface area contributed by atoms with E-state index in [1.54, 1.807) is 12.4 Å². The molecule has 0 saturated heterocycles. The minimum absolute atomic E-state index is 0. The molecule has 0 saturated carbocycles. The number of aliphatic hydroxyl groups excluding tert-OH is 1. The number of allylic oxidation sites excluding steroid dienone is 2. The van der Waals surface area contributed by atoms with Gasteiger partial charge in [0, 0.05) is 43.4 Å². The van der Waals surface area contributed by atoms with Crippen molar-refractivity contribution in [3.8, 4) is 11.3 Å². The number of ketones is 1. The quantitative estimate of drug-likeness (QED) is 0.117. The Labute approximate surface area is 227 Å². The van der Waals surface area contributed by atoms with E-state index in [-0.39, 0.29) is 43.5 Å². The van der Waals surface area contributed by atoms with Crippen molar-refractivity contribution in [2.45, 2.75) is 60.3 Å². The second-order valence-electron chi connectivity index (χ2n) is 8.73. The molecule has 0 aliphatic heterocycles. The van der Waals surface area contributed by atoms with E-state index in [0.717, 1.165) is 64.6 Å². The smallest absolute Gasteiger partial charge is 0.162 e. The number of para-hydroxylation sites is 1. The summed E-state index contributed by atoms with van der Waals surface area (Å²) in [5.41, 5.74) is 3.62. The molecule has 5 nitrogen and oxygen atoms in total. The van der Waals surface area contributed by atoms with Crippen LogP contribution in [0.5, 0.6) is 0 Å². The number of pyridine rings is 2. The fraction of sp³-hybridized carbons (Fsp3) is 0.367. The molecular formula is C30H35IrN2O3-. The summed E-state index contributed by atoms with van der Waals surface area (Å²) >= 11 is 0. The van der Waals surface area contributed by atoms with Crippen LogP contribution in [0.3, 0.4) is 0 Å². The molecule has 0 unspecified atom stereocenters. The van der Waals surface area contributed by atoms with Crippen molar-refractivity contribution in [2.75, 3.05) is 0 Å². The van der Waals surface area contributed by atoms with Crippen molar-refractivity contribution in [2.24, 2.45) is 11.8 Å². The van der Waals surface area contributed by atoms with Gasteiger partial charge in [0.2, 0.25) is 0 Å². The first-order chi connectivity index (χ1) is 16.9. The van der Waals surface area contributed by atoms with Gasteiger partial charge in [-0.25, -0.2) is 0 Å². The molecule has 3 aromatic heterocycles. The zero-order valence-corrected chi connectivity index (χ0v) is 24.1. The number of aromatic nitrogens is 2. The van der Waals surface area contributed by atoms with Crippen LogP contribution in [0.2, 0.25) is 0 Å². The fourth-order valence-corrected chi connectivity index (χ4v) is 4.28. The van der Waals surface area contributed by atoms with Crippen molar-refractivity contribution in [1.29, 1.82) is 0 Å². The molecule has 4 aromatic rings. The average molecular weight is 664 g/mol. The molecule has 6 heteroatoms. The minimum Gasteiger partial charge on any atom is -0.512 e. The largest absolute Gasteiger partial charge is 0.512 e. The van der Waals surface area contributed by atoms with Crippen LogP contribution in [0.15, 0.2) is 65.0 Å². The summed E-state index contributed by atoms with van der Waals surface area (Å²) in [5, 5.41) is 11.8. The Bertz CT molecular complexity index is 1290. The van der Waals surface area contributed by atoms with Crippen molar-refractivity contribution in [1.82, 2.24) is 9.97 Å². The number of rotatable bonds is 8. The number of nitrogens with zero attached hydrogens (tertiary/aromatic N) is 2. The van der Waals surface area contributed by atoms with Gasteiger partial charge in [-0.05, 0) is 74.3 Å². The SMILES string of the molecule is CCC(CC)C(=O)/C=C(\O)C(CC)CC.Cc1cc2c(-c3[c-]cncc3)nc3ccccc3c2o1.[Ir]. The molecule has 4 rings (SSSR count). The summed E-state index contributed by atoms with van der Waals surface area (Å²) in [7, 11) is 0. The van der Waals surface area contributed by atoms with Crippen LogP contribution in [-0.2, 0) is 24.9 Å². The van der Waals surface area contributed by atoms with Gasteiger partial charge in [0.05, 0.1) is 11.3 Å². The number of aryl methyl sites for hydroxylation is 1. The van der Waals surface area contributed by atoms with Gasteiger partial charge in [-0.15, -0.1) is 6.07 Å². The molecule has 0 atom stereocenters. The molecule has 0 aliphatic carbocycles. The van der Waals surface area contributed by atoms with E-state index in [2.05, 4.69) is 11.1 Å². The monoisotopic (exact) mass is 664 g/mol. The third-order valence-corrected chi connectivity index (χ3v) is 6.45. The number of aliphatic hydroxyl groups is 1. The summed E-state index contributed by atoms with van der Waals surface area (Å²) in [4.78, 5) is 20.5. The first-order valence-electron chi connectivity index (χ1n) is 12.5. The molecule has 0 bridgehead atoms. The van der Waals surface area contributed by atoms with Crippen molar-refractivity contribution < 1.29 is 34.4 Å². The third-order valence-electron chi connectivity index (χ3n) is 6.45.